The highest BCUT2D eigenvalue weighted by Gasteiger charge is 2.12. The lowest BCUT2D eigenvalue weighted by Crippen LogP contribution is -2.22. The van der Waals surface area contributed by atoms with Gasteiger partial charge in [-0.1, -0.05) is 20.8 Å². The van der Waals surface area contributed by atoms with Gasteiger partial charge in [0.25, 0.3) is 0 Å². The second-order valence-electron chi connectivity index (χ2n) is 4.82. The lowest BCUT2D eigenvalue weighted by Gasteiger charge is -2.12. The Kier molecular flexibility index (Phi) is 7.92. The van der Waals surface area contributed by atoms with Crippen molar-refractivity contribution in [1.29, 1.82) is 0 Å². The number of hydrogen-bond acceptors (Lipinski definition) is 3. The van der Waals surface area contributed by atoms with Crippen molar-refractivity contribution in [1.82, 2.24) is 5.32 Å². The van der Waals surface area contributed by atoms with E-state index in [1.54, 1.807) is 11.8 Å². The summed E-state index contributed by atoms with van der Waals surface area (Å²) >= 11 is 1.79. The van der Waals surface area contributed by atoms with Crippen LogP contribution in [0.5, 0.6) is 5.75 Å². The molecule has 0 aromatic heterocycles. The van der Waals surface area contributed by atoms with Crippen molar-refractivity contribution in [3.05, 3.63) is 29.3 Å². The molecule has 114 valence electrons. The molecule has 0 saturated carbocycles. The molecule has 0 unspecified atom stereocenters. The lowest BCUT2D eigenvalue weighted by atomic mass is 10.2. The molecule has 0 atom stereocenters. The number of rotatable bonds is 9. The summed E-state index contributed by atoms with van der Waals surface area (Å²) in [4.78, 5) is 0. The van der Waals surface area contributed by atoms with Gasteiger partial charge in [0.1, 0.15) is 0 Å². The third-order valence-electron chi connectivity index (χ3n) is 2.66. The quantitative estimate of drug-likeness (QED) is 0.697. The minimum absolute atomic E-state index is 0.264. The molecule has 1 aromatic carbocycles. The van der Waals surface area contributed by atoms with Crippen molar-refractivity contribution < 1.29 is 13.5 Å². The van der Waals surface area contributed by atoms with E-state index in [9.17, 15) is 8.78 Å². The number of ether oxygens (including phenoxy) is 1. The summed E-state index contributed by atoms with van der Waals surface area (Å²) in [5, 5.41) is 3.13. The first-order valence-electron chi connectivity index (χ1n) is 6.96. The number of halogens is 2. The van der Waals surface area contributed by atoms with Crippen LogP contribution >= 0.6 is 11.8 Å². The molecular formula is C15H23F2NOS. The molecule has 0 aliphatic heterocycles. The van der Waals surface area contributed by atoms with Crippen LogP contribution in [-0.4, -0.2) is 24.2 Å². The number of nitrogens with one attached hydrogen (secondary N) is 1. The van der Waals surface area contributed by atoms with Crippen LogP contribution in [0.2, 0.25) is 0 Å². The minimum Gasteiger partial charge on any atom is -0.488 e. The van der Waals surface area contributed by atoms with Crippen molar-refractivity contribution in [2.75, 3.05) is 18.1 Å². The molecule has 2 nitrogen and oxygen atoms in total. The first-order valence-corrected chi connectivity index (χ1v) is 8.12. The van der Waals surface area contributed by atoms with Gasteiger partial charge in [0, 0.05) is 12.6 Å². The molecule has 5 heteroatoms. The predicted octanol–water partition coefficient (Wildman–Crippen LogP) is 3.98. The standard InChI is InChI=1S/C15H23F2NOS/c1-4-20-7-5-6-19-15-13(16)8-12(9-14(15)17)10-18-11(2)3/h8-9,11,18H,4-7,10H2,1-3H3. The van der Waals surface area contributed by atoms with Gasteiger partial charge < -0.3 is 10.1 Å². The topological polar surface area (TPSA) is 21.3 Å². The van der Waals surface area contributed by atoms with Crippen molar-refractivity contribution >= 4 is 11.8 Å². The number of benzene rings is 1. The molecule has 0 bridgehead atoms. The molecule has 0 aliphatic carbocycles. The van der Waals surface area contributed by atoms with Gasteiger partial charge in [-0.25, -0.2) is 8.78 Å². The Labute approximate surface area is 124 Å². The molecule has 0 radical (unpaired) electrons. The van der Waals surface area contributed by atoms with E-state index in [-0.39, 0.29) is 11.8 Å². The SMILES string of the molecule is CCSCCCOc1c(F)cc(CNC(C)C)cc1F. The predicted molar refractivity (Wildman–Crippen MR) is 81.4 cm³/mol. The summed E-state index contributed by atoms with van der Waals surface area (Å²) in [6, 6.07) is 2.93. The fraction of sp³-hybridized carbons (Fsp3) is 0.600. The van der Waals surface area contributed by atoms with E-state index in [0.29, 0.717) is 18.7 Å². The summed E-state index contributed by atoms with van der Waals surface area (Å²) in [5.74, 6) is 0.457. The van der Waals surface area contributed by atoms with Crippen LogP contribution in [0.15, 0.2) is 12.1 Å². The van der Waals surface area contributed by atoms with Crippen LogP contribution in [0, 0.1) is 11.6 Å². The van der Waals surface area contributed by atoms with Crippen LogP contribution in [-0.2, 0) is 6.54 Å². The minimum atomic E-state index is -0.631. The van der Waals surface area contributed by atoms with Gasteiger partial charge >= 0.3 is 0 Å². The van der Waals surface area contributed by atoms with Crippen molar-refractivity contribution in [2.45, 2.75) is 39.8 Å². The third-order valence-corrected chi connectivity index (χ3v) is 3.64. The van der Waals surface area contributed by atoms with E-state index < -0.39 is 11.6 Å². The maximum Gasteiger partial charge on any atom is 0.190 e. The molecule has 0 aliphatic rings. The van der Waals surface area contributed by atoms with Crippen molar-refractivity contribution in [3.63, 3.8) is 0 Å². The third kappa shape index (κ3) is 6.09. The molecule has 0 saturated heterocycles. The lowest BCUT2D eigenvalue weighted by molar-refractivity contribution is 0.285. The molecule has 0 spiro atoms. The highest BCUT2D eigenvalue weighted by molar-refractivity contribution is 7.99. The van der Waals surface area contributed by atoms with Crippen LogP contribution in [0.25, 0.3) is 0 Å². The first-order chi connectivity index (χ1) is 9.54. The van der Waals surface area contributed by atoms with E-state index in [2.05, 4.69) is 12.2 Å². The zero-order chi connectivity index (χ0) is 15.0. The van der Waals surface area contributed by atoms with Crippen molar-refractivity contribution in [2.24, 2.45) is 0 Å². The Morgan fingerprint density at radius 1 is 1.25 bits per heavy atom. The fourth-order valence-electron chi connectivity index (χ4n) is 1.65. The van der Waals surface area contributed by atoms with Crippen molar-refractivity contribution in [3.8, 4) is 5.75 Å². The van der Waals surface area contributed by atoms with Crippen LogP contribution in [0.3, 0.4) is 0 Å². The van der Waals surface area contributed by atoms with Gasteiger partial charge in [-0.15, -0.1) is 0 Å². The molecule has 0 amide bonds. The average molecular weight is 303 g/mol. The smallest absolute Gasteiger partial charge is 0.190 e. The maximum absolute atomic E-state index is 13.8. The maximum atomic E-state index is 13.8. The number of thioether (sulfide) groups is 1. The van der Waals surface area contributed by atoms with Crippen LogP contribution < -0.4 is 10.1 Å². The molecule has 1 rings (SSSR count). The Hall–Kier alpha value is -0.810. The van der Waals surface area contributed by atoms with Crippen LogP contribution in [0.4, 0.5) is 8.78 Å². The van der Waals surface area contributed by atoms with E-state index in [1.807, 2.05) is 13.8 Å². The van der Waals surface area contributed by atoms with Gasteiger partial charge in [-0.2, -0.15) is 11.8 Å². The second-order valence-corrected chi connectivity index (χ2v) is 6.22. The molecule has 0 heterocycles. The van der Waals surface area contributed by atoms with E-state index in [4.69, 9.17) is 4.74 Å². The largest absolute Gasteiger partial charge is 0.488 e. The highest BCUT2D eigenvalue weighted by atomic mass is 32.2. The Balaban J connectivity index is 2.55. The normalized spacial score (nSPS) is 11.1. The Morgan fingerprint density at radius 2 is 1.90 bits per heavy atom. The average Bonchev–Trinajstić information content (AvgIpc) is 2.38. The summed E-state index contributed by atoms with van der Waals surface area (Å²) in [6.07, 6.45) is 0.786. The van der Waals surface area contributed by atoms with Gasteiger partial charge in [0.2, 0.25) is 0 Å². The summed E-state index contributed by atoms with van der Waals surface area (Å²) in [5.41, 5.74) is 0.586. The molecule has 1 aromatic rings. The number of hydrogen-bond donors (Lipinski definition) is 1. The second kappa shape index (κ2) is 9.19. The molecular weight excluding hydrogens is 280 g/mol. The van der Waals surface area contributed by atoms with E-state index >= 15 is 0 Å². The highest BCUT2D eigenvalue weighted by Crippen LogP contribution is 2.23. The van der Waals surface area contributed by atoms with Gasteiger partial charge in [0.15, 0.2) is 17.4 Å². The zero-order valence-corrected chi connectivity index (χ0v) is 13.2. The van der Waals surface area contributed by atoms with E-state index in [1.165, 1.54) is 12.1 Å². The van der Waals surface area contributed by atoms with Gasteiger partial charge in [-0.05, 0) is 35.6 Å². The van der Waals surface area contributed by atoms with E-state index in [0.717, 1.165) is 17.9 Å². The summed E-state index contributed by atoms with van der Waals surface area (Å²) in [7, 11) is 0. The Bertz CT molecular complexity index is 390. The summed E-state index contributed by atoms with van der Waals surface area (Å²) in [6.45, 7) is 6.83. The molecule has 1 N–H and O–H groups in total. The Morgan fingerprint density at radius 3 is 2.45 bits per heavy atom. The molecule has 20 heavy (non-hydrogen) atoms. The summed E-state index contributed by atoms with van der Waals surface area (Å²) < 4.78 is 32.8. The van der Waals surface area contributed by atoms with Gasteiger partial charge in [0.05, 0.1) is 6.61 Å². The van der Waals surface area contributed by atoms with Gasteiger partial charge in [-0.3, -0.25) is 0 Å². The van der Waals surface area contributed by atoms with Crippen LogP contribution in [0.1, 0.15) is 32.8 Å². The molecule has 0 fully saturated rings. The zero-order valence-electron chi connectivity index (χ0n) is 12.3. The first kappa shape index (κ1) is 17.2. The monoisotopic (exact) mass is 303 g/mol. The fourth-order valence-corrected chi connectivity index (χ4v) is 2.26.